The van der Waals surface area contributed by atoms with Crippen molar-refractivity contribution >= 4 is 23.1 Å². The zero-order valence-electron chi connectivity index (χ0n) is 21.1. The van der Waals surface area contributed by atoms with Crippen LogP contribution in [0.5, 0.6) is 17.2 Å². The molecule has 1 aliphatic rings. The van der Waals surface area contributed by atoms with E-state index >= 15 is 0 Å². The monoisotopic (exact) mass is 493 g/mol. The van der Waals surface area contributed by atoms with Gasteiger partial charge in [-0.1, -0.05) is 0 Å². The van der Waals surface area contributed by atoms with E-state index in [-0.39, 0.29) is 6.04 Å². The predicted molar refractivity (Wildman–Crippen MR) is 136 cm³/mol. The van der Waals surface area contributed by atoms with Crippen LogP contribution in [-0.4, -0.2) is 68.8 Å². The molecular formula is C25H31N7O4. The van der Waals surface area contributed by atoms with Gasteiger partial charge in [0.15, 0.2) is 23.1 Å². The molecule has 1 unspecified atom stereocenters. The predicted octanol–water partition coefficient (Wildman–Crippen LogP) is 3.42. The fourth-order valence-electron chi connectivity index (χ4n) is 4.80. The van der Waals surface area contributed by atoms with E-state index in [0.29, 0.717) is 29.0 Å². The van der Waals surface area contributed by atoms with Crippen molar-refractivity contribution in [2.24, 2.45) is 0 Å². The molecule has 11 heteroatoms. The molecule has 5 rings (SSSR count). The van der Waals surface area contributed by atoms with Crippen molar-refractivity contribution in [3.05, 3.63) is 43.0 Å². The van der Waals surface area contributed by atoms with Crippen molar-refractivity contribution in [1.29, 1.82) is 0 Å². The van der Waals surface area contributed by atoms with Gasteiger partial charge >= 0.3 is 0 Å². The Balaban J connectivity index is 1.47. The molecule has 1 atom stereocenters. The van der Waals surface area contributed by atoms with Crippen molar-refractivity contribution in [2.45, 2.75) is 38.3 Å². The second-order valence-electron chi connectivity index (χ2n) is 9.28. The van der Waals surface area contributed by atoms with Crippen molar-refractivity contribution in [3.8, 4) is 22.9 Å². The highest BCUT2D eigenvalue weighted by atomic mass is 16.5. The molecule has 4 heterocycles. The second kappa shape index (κ2) is 9.23. The lowest BCUT2D eigenvalue weighted by Crippen LogP contribution is -2.46. The highest BCUT2D eigenvalue weighted by Gasteiger charge is 2.37. The maximum absolute atomic E-state index is 10.7. The van der Waals surface area contributed by atoms with E-state index in [1.165, 1.54) is 0 Å². The van der Waals surface area contributed by atoms with E-state index in [2.05, 4.69) is 20.3 Å². The number of fused-ring (bicyclic) bond motifs is 1. The molecule has 190 valence electrons. The van der Waals surface area contributed by atoms with E-state index in [0.717, 1.165) is 36.4 Å². The normalized spacial score (nSPS) is 15.9. The molecule has 0 saturated carbocycles. The highest BCUT2D eigenvalue weighted by Crippen LogP contribution is 2.39. The molecule has 1 saturated heterocycles. The summed E-state index contributed by atoms with van der Waals surface area (Å²) < 4.78 is 20.0. The molecule has 2 N–H and O–H groups in total. The van der Waals surface area contributed by atoms with Crippen LogP contribution in [0.1, 0.15) is 26.7 Å². The third kappa shape index (κ3) is 4.26. The van der Waals surface area contributed by atoms with Crippen LogP contribution >= 0.6 is 0 Å². The van der Waals surface area contributed by atoms with Crippen LogP contribution in [0.2, 0.25) is 0 Å². The molecule has 0 aliphatic carbocycles. The van der Waals surface area contributed by atoms with Crippen molar-refractivity contribution in [3.63, 3.8) is 0 Å². The van der Waals surface area contributed by atoms with Gasteiger partial charge in [-0.15, -0.1) is 5.10 Å². The lowest BCUT2D eigenvalue weighted by molar-refractivity contribution is 0.0533. The second-order valence-corrected chi connectivity index (χ2v) is 9.28. The molecule has 3 aromatic heterocycles. The number of aliphatic hydroxyl groups is 1. The fourth-order valence-corrected chi connectivity index (χ4v) is 4.80. The lowest BCUT2D eigenvalue weighted by Gasteiger charge is -2.34. The molecule has 1 aromatic carbocycles. The molecule has 0 bridgehead atoms. The minimum atomic E-state index is -0.849. The summed E-state index contributed by atoms with van der Waals surface area (Å²) in [5.74, 6) is 3.38. The smallest absolute Gasteiger partial charge is 0.248 e. The third-order valence-electron chi connectivity index (χ3n) is 6.48. The number of aromatic nitrogens is 5. The summed E-state index contributed by atoms with van der Waals surface area (Å²) >= 11 is 0. The van der Waals surface area contributed by atoms with Gasteiger partial charge in [0.1, 0.15) is 11.8 Å². The molecular weight excluding hydrogens is 462 g/mol. The zero-order valence-corrected chi connectivity index (χ0v) is 21.1. The van der Waals surface area contributed by atoms with Crippen LogP contribution in [0, 0.1) is 0 Å². The van der Waals surface area contributed by atoms with Crippen LogP contribution < -0.4 is 24.4 Å². The number of anilines is 3. The Morgan fingerprint density at radius 3 is 2.53 bits per heavy atom. The van der Waals surface area contributed by atoms with Crippen LogP contribution in [0.3, 0.4) is 0 Å². The van der Waals surface area contributed by atoms with E-state index in [1.54, 1.807) is 32.2 Å². The number of nitrogens with one attached hydrogen (secondary N) is 1. The van der Waals surface area contributed by atoms with Gasteiger partial charge in [-0.2, -0.15) is 4.98 Å². The molecule has 36 heavy (non-hydrogen) atoms. The Kier molecular flexibility index (Phi) is 6.09. The van der Waals surface area contributed by atoms with Gasteiger partial charge in [-0.3, -0.25) is 0 Å². The van der Waals surface area contributed by atoms with Crippen molar-refractivity contribution in [2.75, 3.05) is 38.1 Å². The van der Waals surface area contributed by atoms with Crippen molar-refractivity contribution < 1.29 is 19.3 Å². The van der Waals surface area contributed by atoms with Gasteiger partial charge in [-0.05, 0) is 38.8 Å². The summed E-state index contributed by atoms with van der Waals surface area (Å²) in [5, 5.41) is 18.6. The van der Waals surface area contributed by atoms with Gasteiger partial charge in [0.2, 0.25) is 11.7 Å². The Hall–Kier alpha value is -3.99. The Morgan fingerprint density at radius 1 is 1.11 bits per heavy atom. The largest absolute Gasteiger partial charge is 0.493 e. The fraction of sp³-hybridized carbons (Fsp3) is 0.400. The number of hydrogen-bond acceptors (Lipinski definition) is 9. The molecule has 11 nitrogen and oxygen atoms in total. The van der Waals surface area contributed by atoms with E-state index in [4.69, 9.17) is 19.2 Å². The number of ether oxygens (including phenoxy) is 3. The number of methoxy groups -OCH3 is 3. The Labute approximate surface area is 209 Å². The number of nitrogens with zero attached hydrogens (tertiary/aromatic N) is 6. The summed E-state index contributed by atoms with van der Waals surface area (Å²) in [6.45, 7) is 4.52. The Bertz CT molecular complexity index is 1350. The average molecular weight is 494 g/mol. The van der Waals surface area contributed by atoms with Gasteiger partial charge in [0.05, 0.1) is 44.9 Å². The first-order valence-electron chi connectivity index (χ1n) is 11.8. The van der Waals surface area contributed by atoms with Gasteiger partial charge < -0.3 is 34.1 Å². The lowest BCUT2D eigenvalue weighted by atomic mass is 9.97. The van der Waals surface area contributed by atoms with Gasteiger partial charge in [0, 0.05) is 24.9 Å². The average Bonchev–Trinajstić information content (AvgIpc) is 3.62. The summed E-state index contributed by atoms with van der Waals surface area (Å²) in [6.07, 6.45) is 7.30. The van der Waals surface area contributed by atoms with Crippen LogP contribution in [0.25, 0.3) is 11.2 Å². The number of rotatable bonds is 8. The summed E-state index contributed by atoms with van der Waals surface area (Å²) in [4.78, 5) is 11.5. The van der Waals surface area contributed by atoms with E-state index < -0.39 is 5.60 Å². The minimum Gasteiger partial charge on any atom is -0.493 e. The zero-order chi connectivity index (χ0) is 25.4. The van der Waals surface area contributed by atoms with Gasteiger partial charge in [0.25, 0.3) is 0 Å². The first-order valence-corrected chi connectivity index (χ1v) is 11.8. The standard InChI is InChI=1S/C25H31N7O4/c1-25(2,33)20-9-7-10-31(20)23-17-8-6-11-32(17)29-24(28-23)27-21-14-30(15-26-21)16-12-18(34-3)22(36-5)19(13-16)35-4/h6,8,11-15,20,33H,7,9-10H2,1-5H3,(H,27,29). The first-order chi connectivity index (χ1) is 17.3. The molecule has 0 radical (unpaired) electrons. The maximum Gasteiger partial charge on any atom is 0.248 e. The van der Waals surface area contributed by atoms with Crippen LogP contribution in [-0.2, 0) is 0 Å². The number of imidazole rings is 1. The van der Waals surface area contributed by atoms with Crippen LogP contribution in [0.15, 0.2) is 43.0 Å². The molecule has 4 aromatic rings. The first kappa shape index (κ1) is 23.7. The molecule has 1 aliphatic heterocycles. The quantitative estimate of drug-likeness (QED) is 0.381. The maximum atomic E-state index is 10.7. The SMILES string of the molecule is COc1cc(-n2cnc(Nc3nc(N4CCCC4C(C)(C)O)c4cccn4n3)c2)cc(OC)c1OC. The topological polar surface area (TPSA) is 111 Å². The Morgan fingerprint density at radius 2 is 1.86 bits per heavy atom. The summed E-state index contributed by atoms with van der Waals surface area (Å²) in [7, 11) is 4.73. The summed E-state index contributed by atoms with van der Waals surface area (Å²) in [5.41, 5.74) is 0.829. The van der Waals surface area contributed by atoms with E-state index in [9.17, 15) is 5.11 Å². The number of hydrogen-bond donors (Lipinski definition) is 2. The van der Waals surface area contributed by atoms with E-state index in [1.807, 2.05) is 55.1 Å². The minimum absolute atomic E-state index is 0.0295. The van der Waals surface area contributed by atoms with Crippen LogP contribution in [0.4, 0.5) is 17.6 Å². The summed E-state index contributed by atoms with van der Waals surface area (Å²) in [6, 6.07) is 7.58. The van der Waals surface area contributed by atoms with Crippen molar-refractivity contribution in [1.82, 2.24) is 24.1 Å². The number of benzene rings is 1. The molecule has 0 amide bonds. The third-order valence-corrected chi connectivity index (χ3v) is 6.48. The highest BCUT2D eigenvalue weighted by molar-refractivity contribution is 5.71. The molecule has 0 spiro atoms. The molecule has 1 fully saturated rings. The van der Waals surface area contributed by atoms with Gasteiger partial charge in [-0.25, -0.2) is 9.50 Å².